The van der Waals surface area contributed by atoms with Crippen molar-refractivity contribution in [1.29, 1.82) is 0 Å². The third kappa shape index (κ3) is 4.56. The Hall–Kier alpha value is -3.04. The van der Waals surface area contributed by atoms with E-state index in [1.54, 1.807) is 15.3 Å². The molecule has 7 nitrogen and oxygen atoms in total. The fraction of sp³-hybridized carbons (Fsp3) is 0.375. The van der Waals surface area contributed by atoms with Crippen LogP contribution >= 0.6 is 12.2 Å². The number of nitrogens with zero attached hydrogens (tertiary/aromatic N) is 5. The molecule has 0 bridgehead atoms. The van der Waals surface area contributed by atoms with Crippen LogP contribution in [0.5, 0.6) is 5.75 Å². The Kier molecular flexibility index (Phi) is 6.62. The summed E-state index contributed by atoms with van der Waals surface area (Å²) in [5.74, 6) is 0.807. The van der Waals surface area contributed by atoms with Crippen molar-refractivity contribution in [1.82, 2.24) is 23.6 Å². The summed E-state index contributed by atoms with van der Waals surface area (Å²) in [6.45, 7) is 5.71. The molecule has 9 heteroatoms. The largest absolute Gasteiger partial charge is 0.494 e. The molecule has 0 N–H and O–H groups in total. The number of halogens is 1. The summed E-state index contributed by atoms with van der Waals surface area (Å²) < 4.78 is 24.9. The second-order valence-electron chi connectivity index (χ2n) is 8.70. The first-order chi connectivity index (χ1) is 15.8. The third-order valence-corrected chi connectivity index (χ3v) is 6.05. The van der Waals surface area contributed by atoms with Crippen molar-refractivity contribution in [3.8, 4) is 5.75 Å². The van der Waals surface area contributed by atoms with Crippen LogP contribution in [0.15, 0.2) is 47.3 Å². The maximum atomic E-state index is 14.1. The molecule has 4 aromatic rings. The Morgan fingerprint density at radius 2 is 1.97 bits per heavy atom. The monoisotopic (exact) mass is 469 g/mol. The van der Waals surface area contributed by atoms with Gasteiger partial charge in [0, 0.05) is 13.1 Å². The first-order valence-corrected chi connectivity index (χ1v) is 11.3. The van der Waals surface area contributed by atoms with Crippen LogP contribution < -0.4 is 10.3 Å². The predicted molar refractivity (Wildman–Crippen MR) is 130 cm³/mol. The fourth-order valence-corrected chi connectivity index (χ4v) is 4.23. The molecule has 0 fully saturated rings. The quantitative estimate of drug-likeness (QED) is 0.357. The first-order valence-electron chi connectivity index (χ1n) is 10.9. The zero-order chi connectivity index (χ0) is 23.7. The topological polar surface area (TPSA) is 56.7 Å². The Bertz CT molecular complexity index is 1420. The normalized spacial score (nSPS) is 11.8. The van der Waals surface area contributed by atoms with Gasteiger partial charge >= 0.3 is 0 Å². The summed E-state index contributed by atoms with van der Waals surface area (Å²) >= 11 is 5.77. The minimum atomic E-state index is -0.395. The first kappa shape index (κ1) is 23.1. The summed E-state index contributed by atoms with van der Waals surface area (Å²) in [4.78, 5) is 15.2. The molecule has 33 heavy (non-hydrogen) atoms. The number of aryl methyl sites for hydroxylation is 1. The van der Waals surface area contributed by atoms with Gasteiger partial charge in [-0.15, -0.1) is 5.10 Å². The van der Waals surface area contributed by atoms with Gasteiger partial charge in [-0.25, -0.2) is 9.07 Å². The SMILES string of the molecule is COc1ccc(CN(C)Cn2nc3n(CCC(C)C)c(=O)c4ccccc4n3c2=S)cc1F. The number of aromatic nitrogens is 4. The lowest BCUT2D eigenvalue weighted by atomic mass is 10.1. The van der Waals surface area contributed by atoms with Crippen LogP contribution in [0.2, 0.25) is 0 Å². The van der Waals surface area contributed by atoms with Gasteiger partial charge in [0.1, 0.15) is 0 Å². The van der Waals surface area contributed by atoms with Gasteiger partial charge in [0.05, 0.1) is 24.7 Å². The maximum absolute atomic E-state index is 14.1. The van der Waals surface area contributed by atoms with Gasteiger partial charge in [-0.3, -0.25) is 18.7 Å². The molecule has 0 spiro atoms. The highest BCUT2D eigenvalue weighted by Gasteiger charge is 2.17. The van der Waals surface area contributed by atoms with Crippen LogP contribution in [-0.4, -0.2) is 37.8 Å². The lowest BCUT2D eigenvalue weighted by Gasteiger charge is -2.16. The van der Waals surface area contributed by atoms with Gasteiger partial charge in [-0.2, -0.15) is 0 Å². The number of para-hydroxylation sites is 1. The Morgan fingerprint density at radius 3 is 2.67 bits per heavy atom. The minimum absolute atomic E-state index is 0.0621. The van der Waals surface area contributed by atoms with Crippen molar-refractivity contribution in [3.05, 3.63) is 69.0 Å². The number of benzene rings is 2. The van der Waals surface area contributed by atoms with Crippen molar-refractivity contribution in [2.75, 3.05) is 14.2 Å². The van der Waals surface area contributed by atoms with Crippen molar-refractivity contribution >= 4 is 28.9 Å². The molecule has 174 valence electrons. The summed E-state index contributed by atoms with van der Waals surface area (Å²) in [6.07, 6.45) is 0.858. The second-order valence-corrected chi connectivity index (χ2v) is 9.06. The van der Waals surface area contributed by atoms with Crippen molar-refractivity contribution < 1.29 is 9.13 Å². The zero-order valence-corrected chi connectivity index (χ0v) is 20.1. The standard InChI is InChI=1S/C24H28FN5O2S/c1-16(2)11-12-28-22(31)18-7-5-6-8-20(18)30-23(28)26-29(24(30)33)15-27(3)14-17-9-10-21(32-4)19(25)13-17/h5-10,13,16H,11-12,14-15H2,1-4H3. The predicted octanol–water partition coefficient (Wildman–Crippen LogP) is 4.46. The molecule has 2 aromatic carbocycles. The highest BCUT2D eigenvalue weighted by Crippen LogP contribution is 2.19. The van der Waals surface area contributed by atoms with E-state index in [-0.39, 0.29) is 11.3 Å². The van der Waals surface area contributed by atoms with Crippen LogP contribution in [0.3, 0.4) is 0 Å². The van der Waals surface area contributed by atoms with E-state index in [2.05, 4.69) is 13.8 Å². The Balaban J connectivity index is 1.73. The summed E-state index contributed by atoms with van der Waals surface area (Å²) in [7, 11) is 3.36. The molecular weight excluding hydrogens is 441 g/mol. The molecule has 4 rings (SSSR count). The number of rotatable bonds is 8. The zero-order valence-electron chi connectivity index (χ0n) is 19.3. The van der Waals surface area contributed by atoms with E-state index in [0.29, 0.717) is 41.6 Å². The third-order valence-electron chi connectivity index (χ3n) is 5.66. The van der Waals surface area contributed by atoms with Gasteiger partial charge < -0.3 is 4.74 Å². The Morgan fingerprint density at radius 1 is 1.21 bits per heavy atom. The summed E-state index contributed by atoms with van der Waals surface area (Å²) in [5.41, 5.74) is 1.49. The highest BCUT2D eigenvalue weighted by atomic mass is 32.1. The smallest absolute Gasteiger partial charge is 0.262 e. The molecule has 0 aliphatic heterocycles. The van der Waals surface area contributed by atoms with E-state index in [0.717, 1.165) is 17.5 Å². The average molecular weight is 470 g/mol. The molecular formula is C24H28FN5O2S. The number of ether oxygens (including phenoxy) is 1. The van der Waals surface area contributed by atoms with E-state index in [1.165, 1.54) is 13.2 Å². The van der Waals surface area contributed by atoms with Crippen molar-refractivity contribution in [2.24, 2.45) is 5.92 Å². The molecule has 2 heterocycles. The lowest BCUT2D eigenvalue weighted by molar-refractivity contribution is 0.244. The molecule has 0 saturated heterocycles. The van der Waals surface area contributed by atoms with Gasteiger partial charge in [-0.1, -0.05) is 32.0 Å². The summed E-state index contributed by atoms with van der Waals surface area (Å²) in [6, 6.07) is 12.4. The van der Waals surface area contributed by atoms with E-state index in [4.69, 9.17) is 22.1 Å². The molecule has 0 amide bonds. The molecule has 0 atom stereocenters. The van der Waals surface area contributed by atoms with E-state index in [9.17, 15) is 9.18 Å². The van der Waals surface area contributed by atoms with Crippen LogP contribution in [0.25, 0.3) is 16.7 Å². The van der Waals surface area contributed by atoms with Crippen molar-refractivity contribution in [3.63, 3.8) is 0 Å². The van der Waals surface area contributed by atoms with Crippen LogP contribution in [0.4, 0.5) is 4.39 Å². The fourth-order valence-electron chi connectivity index (χ4n) is 3.95. The summed E-state index contributed by atoms with van der Waals surface area (Å²) in [5, 5.41) is 5.35. The Labute approximate surface area is 196 Å². The average Bonchev–Trinajstić information content (AvgIpc) is 3.09. The number of hydrogen-bond acceptors (Lipinski definition) is 5. The molecule has 0 aliphatic rings. The molecule has 0 radical (unpaired) electrons. The van der Waals surface area contributed by atoms with Crippen LogP contribution in [-0.2, 0) is 19.8 Å². The second kappa shape index (κ2) is 9.44. The number of methoxy groups -OCH3 is 1. The highest BCUT2D eigenvalue weighted by molar-refractivity contribution is 7.71. The molecule has 0 saturated carbocycles. The van der Waals surface area contributed by atoms with Gasteiger partial charge in [0.2, 0.25) is 10.5 Å². The van der Waals surface area contributed by atoms with E-state index in [1.807, 2.05) is 46.7 Å². The molecule has 2 aromatic heterocycles. The number of fused-ring (bicyclic) bond motifs is 3. The molecule has 0 unspecified atom stereocenters. The number of hydrogen-bond donors (Lipinski definition) is 0. The maximum Gasteiger partial charge on any atom is 0.262 e. The lowest BCUT2D eigenvalue weighted by Crippen LogP contribution is -2.24. The minimum Gasteiger partial charge on any atom is -0.494 e. The van der Waals surface area contributed by atoms with Crippen molar-refractivity contribution in [2.45, 2.75) is 40.0 Å². The van der Waals surface area contributed by atoms with Gasteiger partial charge in [0.25, 0.3) is 5.56 Å². The van der Waals surface area contributed by atoms with Gasteiger partial charge in [-0.05, 0) is 61.4 Å². The van der Waals surface area contributed by atoms with Crippen LogP contribution in [0, 0.1) is 16.5 Å². The van der Waals surface area contributed by atoms with Gasteiger partial charge in [0.15, 0.2) is 11.6 Å². The van der Waals surface area contributed by atoms with E-state index >= 15 is 0 Å². The van der Waals surface area contributed by atoms with Crippen LogP contribution in [0.1, 0.15) is 25.8 Å². The van der Waals surface area contributed by atoms with E-state index < -0.39 is 5.82 Å². The molecule has 0 aliphatic carbocycles.